The van der Waals surface area contributed by atoms with E-state index in [-0.39, 0.29) is 0 Å². The normalized spacial score (nSPS) is 14.1. The average Bonchev–Trinajstić information content (AvgIpc) is 2.92. The minimum Gasteiger partial charge on any atom is -0.332 e. The van der Waals surface area contributed by atoms with Crippen LogP contribution < -0.4 is 10.6 Å². The largest absolute Gasteiger partial charge is 0.416 e. The molecule has 0 aliphatic rings. The Morgan fingerprint density at radius 3 is 2.46 bits per heavy atom. The topological polar surface area (TPSA) is 71.8 Å². The van der Waals surface area contributed by atoms with E-state index in [2.05, 4.69) is 20.8 Å². The van der Waals surface area contributed by atoms with E-state index in [0.29, 0.717) is 11.4 Å². The zero-order chi connectivity index (χ0) is 17.9. The van der Waals surface area contributed by atoms with Crippen LogP contribution in [0.3, 0.4) is 0 Å². The van der Waals surface area contributed by atoms with Crippen LogP contribution in [0, 0.1) is 0 Å². The summed E-state index contributed by atoms with van der Waals surface area (Å²) in [6.45, 7) is 3.35. The van der Waals surface area contributed by atoms with Crippen molar-refractivity contribution in [3.05, 3.63) is 47.5 Å². The fourth-order valence-corrected chi connectivity index (χ4v) is 2.25. The smallest absolute Gasteiger partial charge is 0.332 e. The Bertz CT molecular complexity index is 713. The van der Waals surface area contributed by atoms with Crippen molar-refractivity contribution in [1.82, 2.24) is 25.4 Å². The van der Waals surface area contributed by atoms with Crippen LogP contribution in [-0.4, -0.2) is 20.8 Å². The molecular formula is C15H18F3N5O. The van der Waals surface area contributed by atoms with Gasteiger partial charge in [0.25, 0.3) is 0 Å². The predicted molar refractivity (Wildman–Crippen MR) is 80.9 cm³/mol. The van der Waals surface area contributed by atoms with Gasteiger partial charge in [0, 0.05) is 7.05 Å². The first kappa shape index (κ1) is 17.8. The standard InChI is InChI=1S/C15H18F3N5O/c1-9(11-5-4-6-12(7-11)15(16,17)18)20-14(24)21-10(2)13-22-19-8-23(13)3/h4-10H,1-3H3,(H2,20,21,24)/t9-,10+/m1/s1. The van der Waals surface area contributed by atoms with Crippen LogP contribution in [0.2, 0.25) is 0 Å². The highest BCUT2D eigenvalue weighted by Crippen LogP contribution is 2.30. The quantitative estimate of drug-likeness (QED) is 0.898. The van der Waals surface area contributed by atoms with E-state index in [4.69, 9.17) is 0 Å². The lowest BCUT2D eigenvalue weighted by Crippen LogP contribution is -2.39. The molecule has 0 spiro atoms. The first-order valence-corrected chi connectivity index (χ1v) is 7.26. The maximum atomic E-state index is 12.7. The van der Waals surface area contributed by atoms with Crippen LogP contribution in [-0.2, 0) is 13.2 Å². The highest BCUT2D eigenvalue weighted by Gasteiger charge is 2.30. The second kappa shape index (κ2) is 6.90. The minimum atomic E-state index is -4.42. The maximum absolute atomic E-state index is 12.7. The molecular weight excluding hydrogens is 323 g/mol. The summed E-state index contributed by atoms with van der Waals surface area (Å²) in [7, 11) is 1.75. The molecule has 0 fully saturated rings. The van der Waals surface area contributed by atoms with Crippen LogP contribution in [0.5, 0.6) is 0 Å². The second-order valence-corrected chi connectivity index (χ2v) is 5.48. The number of hydrogen-bond donors (Lipinski definition) is 2. The lowest BCUT2D eigenvalue weighted by molar-refractivity contribution is -0.137. The molecule has 2 amide bonds. The first-order chi connectivity index (χ1) is 11.2. The number of alkyl halides is 3. The zero-order valence-corrected chi connectivity index (χ0v) is 13.4. The van der Waals surface area contributed by atoms with Crippen molar-refractivity contribution in [2.75, 3.05) is 0 Å². The number of nitrogens with one attached hydrogen (secondary N) is 2. The Morgan fingerprint density at radius 2 is 1.88 bits per heavy atom. The molecule has 9 heteroatoms. The van der Waals surface area contributed by atoms with Crippen LogP contribution in [0.15, 0.2) is 30.6 Å². The van der Waals surface area contributed by atoms with Gasteiger partial charge in [-0.1, -0.05) is 12.1 Å². The van der Waals surface area contributed by atoms with E-state index in [1.807, 2.05) is 0 Å². The van der Waals surface area contributed by atoms with Crippen molar-refractivity contribution in [3.63, 3.8) is 0 Å². The molecule has 2 aromatic rings. The van der Waals surface area contributed by atoms with Gasteiger partial charge in [-0.2, -0.15) is 13.2 Å². The number of amides is 2. The van der Waals surface area contributed by atoms with Crippen LogP contribution in [0.1, 0.15) is 42.9 Å². The minimum absolute atomic E-state index is 0.367. The highest BCUT2D eigenvalue weighted by molar-refractivity contribution is 5.74. The molecule has 0 saturated carbocycles. The van der Waals surface area contributed by atoms with Crippen molar-refractivity contribution in [1.29, 1.82) is 0 Å². The van der Waals surface area contributed by atoms with Crippen molar-refractivity contribution >= 4 is 6.03 Å². The molecule has 0 radical (unpaired) electrons. The van der Waals surface area contributed by atoms with Crippen LogP contribution in [0.4, 0.5) is 18.0 Å². The van der Waals surface area contributed by atoms with E-state index in [0.717, 1.165) is 12.1 Å². The number of urea groups is 1. The average molecular weight is 341 g/mol. The molecule has 24 heavy (non-hydrogen) atoms. The van der Waals surface area contributed by atoms with Gasteiger partial charge in [0.05, 0.1) is 17.6 Å². The maximum Gasteiger partial charge on any atom is 0.416 e. The summed E-state index contributed by atoms with van der Waals surface area (Å²) in [5.74, 6) is 0.567. The molecule has 0 unspecified atom stereocenters. The fraction of sp³-hybridized carbons (Fsp3) is 0.400. The van der Waals surface area contributed by atoms with Crippen molar-refractivity contribution < 1.29 is 18.0 Å². The van der Waals surface area contributed by atoms with E-state index in [9.17, 15) is 18.0 Å². The third-order valence-corrected chi connectivity index (χ3v) is 3.54. The Kier molecular flexibility index (Phi) is 5.10. The summed E-state index contributed by atoms with van der Waals surface area (Å²) < 4.78 is 39.9. The van der Waals surface area contributed by atoms with Gasteiger partial charge in [-0.05, 0) is 31.5 Å². The van der Waals surface area contributed by atoms with Gasteiger partial charge >= 0.3 is 12.2 Å². The summed E-state index contributed by atoms with van der Waals surface area (Å²) in [5, 5.41) is 12.9. The zero-order valence-electron chi connectivity index (χ0n) is 13.4. The van der Waals surface area contributed by atoms with E-state index in [1.54, 1.807) is 25.5 Å². The molecule has 6 nitrogen and oxygen atoms in total. The number of aromatic nitrogens is 3. The number of aryl methyl sites for hydroxylation is 1. The molecule has 2 atom stereocenters. The summed E-state index contributed by atoms with van der Waals surface area (Å²) in [6.07, 6.45) is -2.91. The van der Waals surface area contributed by atoms with E-state index < -0.39 is 29.9 Å². The molecule has 2 rings (SSSR count). The predicted octanol–water partition coefficient (Wildman–Crippen LogP) is 2.96. The second-order valence-electron chi connectivity index (χ2n) is 5.48. The Labute approximate surface area is 137 Å². The Morgan fingerprint density at radius 1 is 1.21 bits per heavy atom. The number of halogens is 3. The molecule has 1 aromatic carbocycles. The third-order valence-electron chi connectivity index (χ3n) is 3.54. The van der Waals surface area contributed by atoms with Gasteiger partial charge in [-0.3, -0.25) is 0 Å². The van der Waals surface area contributed by atoms with E-state index in [1.165, 1.54) is 18.5 Å². The summed E-state index contributed by atoms with van der Waals surface area (Å²) in [4.78, 5) is 12.0. The molecule has 0 aliphatic heterocycles. The Hall–Kier alpha value is -2.58. The lowest BCUT2D eigenvalue weighted by Gasteiger charge is -2.19. The summed E-state index contributed by atoms with van der Waals surface area (Å²) >= 11 is 0. The molecule has 2 N–H and O–H groups in total. The van der Waals surface area contributed by atoms with Gasteiger partial charge in [-0.25, -0.2) is 4.79 Å². The highest BCUT2D eigenvalue weighted by atomic mass is 19.4. The van der Waals surface area contributed by atoms with Crippen molar-refractivity contribution in [3.8, 4) is 0 Å². The van der Waals surface area contributed by atoms with Gasteiger partial charge in [0.2, 0.25) is 0 Å². The molecule has 0 aliphatic carbocycles. The first-order valence-electron chi connectivity index (χ1n) is 7.26. The van der Waals surface area contributed by atoms with E-state index >= 15 is 0 Å². The number of benzene rings is 1. The fourth-order valence-electron chi connectivity index (χ4n) is 2.25. The molecule has 130 valence electrons. The SMILES string of the molecule is C[C@H](NC(=O)N[C@H](C)c1cccc(C(F)(F)F)c1)c1nncn1C. The number of carbonyl (C=O) groups is 1. The number of nitrogens with zero attached hydrogens (tertiary/aromatic N) is 3. The molecule has 0 bridgehead atoms. The number of carbonyl (C=O) groups excluding carboxylic acids is 1. The van der Waals surface area contributed by atoms with Gasteiger partial charge in [-0.15, -0.1) is 10.2 Å². The van der Waals surface area contributed by atoms with Crippen LogP contribution >= 0.6 is 0 Å². The molecule has 1 aromatic heterocycles. The Balaban J connectivity index is 2.00. The van der Waals surface area contributed by atoms with Crippen molar-refractivity contribution in [2.24, 2.45) is 7.05 Å². The summed E-state index contributed by atoms with van der Waals surface area (Å²) in [5.41, 5.74) is -0.382. The molecule has 1 heterocycles. The monoisotopic (exact) mass is 341 g/mol. The van der Waals surface area contributed by atoms with Gasteiger partial charge in [0.1, 0.15) is 6.33 Å². The van der Waals surface area contributed by atoms with Gasteiger partial charge in [0.15, 0.2) is 5.82 Å². The van der Waals surface area contributed by atoms with Crippen molar-refractivity contribution in [2.45, 2.75) is 32.1 Å². The van der Waals surface area contributed by atoms with Crippen LogP contribution in [0.25, 0.3) is 0 Å². The molecule has 0 saturated heterocycles. The third kappa shape index (κ3) is 4.24. The summed E-state index contributed by atoms with van der Waals surface area (Å²) in [6, 6.07) is 3.38. The number of hydrogen-bond acceptors (Lipinski definition) is 3. The number of rotatable bonds is 4. The van der Waals surface area contributed by atoms with Gasteiger partial charge < -0.3 is 15.2 Å². The lowest BCUT2D eigenvalue weighted by atomic mass is 10.1.